The summed E-state index contributed by atoms with van der Waals surface area (Å²) in [6, 6.07) is 0. The van der Waals surface area contributed by atoms with Crippen LogP contribution < -0.4 is 0 Å². The predicted molar refractivity (Wildman–Crippen MR) is 53.0 cm³/mol. The molecule has 1 aliphatic rings. The van der Waals surface area contributed by atoms with Crippen molar-refractivity contribution in [1.82, 2.24) is 4.90 Å². The lowest BCUT2D eigenvalue weighted by atomic mass is 10.1. The van der Waals surface area contributed by atoms with Crippen LogP contribution in [0.5, 0.6) is 0 Å². The minimum absolute atomic E-state index is 0.982. The topological polar surface area (TPSA) is 15.6 Å². The van der Waals surface area contributed by atoms with E-state index in [0.717, 1.165) is 23.7 Å². The van der Waals surface area contributed by atoms with E-state index in [2.05, 4.69) is 25.4 Å². The van der Waals surface area contributed by atoms with Crippen molar-refractivity contribution in [2.75, 3.05) is 7.05 Å². The molecule has 0 saturated heterocycles. The highest BCUT2D eigenvalue weighted by molar-refractivity contribution is 5.84. The molecule has 0 bridgehead atoms. The summed E-state index contributed by atoms with van der Waals surface area (Å²) in [5.41, 5.74) is 3.44. The first-order valence-corrected chi connectivity index (χ1v) is 4.26. The van der Waals surface area contributed by atoms with E-state index in [4.69, 9.17) is 0 Å². The molecule has 0 aromatic rings. The van der Waals surface area contributed by atoms with Crippen molar-refractivity contribution in [3.63, 3.8) is 0 Å². The van der Waals surface area contributed by atoms with Gasteiger partial charge in [0.15, 0.2) is 0 Å². The minimum atomic E-state index is 0.982. The van der Waals surface area contributed by atoms with Crippen molar-refractivity contribution in [2.24, 2.45) is 4.99 Å². The Bertz CT molecular complexity index is 270. The van der Waals surface area contributed by atoms with Crippen LogP contribution in [0.4, 0.5) is 0 Å². The fourth-order valence-electron chi connectivity index (χ4n) is 1.31. The Kier molecular flexibility index (Phi) is 2.36. The molecule has 1 aliphatic heterocycles. The molecule has 0 aromatic heterocycles. The zero-order valence-electron chi connectivity index (χ0n) is 8.31. The summed E-state index contributed by atoms with van der Waals surface area (Å²) >= 11 is 0. The molecule has 0 unspecified atom stereocenters. The molecule has 0 fully saturated rings. The van der Waals surface area contributed by atoms with Gasteiger partial charge < -0.3 is 4.90 Å². The van der Waals surface area contributed by atoms with E-state index in [-0.39, 0.29) is 0 Å². The smallest absolute Gasteiger partial charge is 0.105 e. The van der Waals surface area contributed by atoms with Crippen LogP contribution in [0.1, 0.15) is 27.2 Å². The zero-order chi connectivity index (χ0) is 9.30. The molecule has 12 heavy (non-hydrogen) atoms. The molecule has 0 aromatic carbocycles. The number of likely N-dealkylation sites (N-methyl/N-ethyl adjacent to an activating group) is 1. The third-order valence-corrected chi connectivity index (χ3v) is 2.39. The number of nitrogens with zero attached hydrogens (tertiary/aromatic N) is 2. The van der Waals surface area contributed by atoms with Crippen LogP contribution in [0, 0.1) is 0 Å². The first kappa shape index (κ1) is 9.04. The minimum Gasteiger partial charge on any atom is -0.333 e. The van der Waals surface area contributed by atoms with Gasteiger partial charge in [0.2, 0.25) is 0 Å². The molecule has 0 radical (unpaired) electrons. The molecule has 0 atom stereocenters. The van der Waals surface area contributed by atoms with Crippen LogP contribution in [0.2, 0.25) is 0 Å². The van der Waals surface area contributed by atoms with Crippen LogP contribution in [0.3, 0.4) is 0 Å². The highest BCUT2D eigenvalue weighted by Crippen LogP contribution is 2.24. The Balaban J connectivity index is 3.10. The maximum Gasteiger partial charge on any atom is 0.105 e. The van der Waals surface area contributed by atoms with Gasteiger partial charge in [-0.05, 0) is 25.8 Å². The van der Waals surface area contributed by atoms with Gasteiger partial charge in [0.05, 0.1) is 0 Å². The van der Waals surface area contributed by atoms with Gasteiger partial charge in [-0.3, -0.25) is 0 Å². The summed E-state index contributed by atoms with van der Waals surface area (Å²) in [5.74, 6) is 1.03. The Hall–Kier alpha value is -1.05. The van der Waals surface area contributed by atoms with Crippen LogP contribution in [0.15, 0.2) is 28.5 Å². The monoisotopic (exact) mass is 164 g/mol. The average Bonchev–Trinajstić information content (AvgIpc) is 2.08. The Morgan fingerprint density at radius 1 is 1.42 bits per heavy atom. The first-order valence-electron chi connectivity index (χ1n) is 4.26. The maximum atomic E-state index is 4.47. The number of aliphatic imine (C=N–C) groups is 1. The summed E-state index contributed by atoms with van der Waals surface area (Å²) in [5, 5.41) is 0. The van der Waals surface area contributed by atoms with E-state index in [9.17, 15) is 0 Å². The summed E-state index contributed by atoms with van der Waals surface area (Å²) in [6.45, 7) is 10.2. The number of amidine groups is 1. The molecule has 0 N–H and O–H groups in total. The fraction of sp³-hybridized carbons (Fsp3) is 0.500. The second-order valence-electron chi connectivity index (χ2n) is 3.09. The van der Waals surface area contributed by atoms with E-state index >= 15 is 0 Å². The molecular weight excluding hydrogens is 148 g/mol. The molecule has 0 spiro atoms. The largest absolute Gasteiger partial charge is 0.333 e. The van der Waals surface area contributed by atoms with E-state index < -0.39 is 0 Å². The van der Waals surface area contributed by atoms with Crippen LogP contribution in [0.25, 0.3) is 0 Å². The fourth-order valence-corrected chi connectivity index (χ4v) is 1.31. The Morgan fingerprint density at radius 2 is 2.00 bits per heavy atom. The lowest BCUT2D eigenvalue weighted by molar-refractivity contribution is 0.616. The van der Waals surface area contributed by atoms with Gasteiger partial charge in [-0.25, -0.2) is 4.99 Å². The molecule has 2 heteroatoms. The van der Waals surface area contributed by atoms with Gasteiger partial charge in [0.1, 0.15) is 5.84 Å². The van der Waals surface area contributed by atoms with Gasteiger partial charge in [0, 0.05) is 18.4 Å². The van der Waals surface area contributed by atoms with Crippen molar-refractivity contribution in [2.45, 2.75) is 27.2 Å². The van der Waals surface area contributed by atoms with Crippen LogP contribution >= 0.6 is 0 Å². The van der Waals surface area contributed by atoms with Crippen molar-refractivity contribution >= 4 is 5.84 Å². The van der Waals surface area contributed by atoms with Crippen molar-refractivity contribution in [3.05, 3.63) is 23.5 Å². The number of hydrogen-bond donors (Lipinski definition) is 0. The highest BCUT2D eigenvalue weighted by Gasteiger charge is 2.15. The highest BCUT2D eigenvalue weighted by atomic mass is 15.2. The Labute approximate surface area is 74.3 Å². The van der Waals surface area contributed by atoms with Crippen molar-refractivity contribution in [1.29, 1.82) is 0 Å². The van der Waals surface area contributed by atoms with Gasteiger partial charge in [-0.15, -0.1) is 0 Å². The van der Waals surface area contributed by atoms with Crippen LogP contribution in [-0.4, -0.2) is 17.8 Å². The standard InChI is InChI=1S/C10H16N2/c1-6-10-7(2)8(3)12(5)9(4)11-10/h3,6H2,1-2,4-5H3. The third-order valence-electron chi connectivity index (χ3n) is 2.39. The summed E-state index contributed by atoms with van der Waals surface area (Å²) in [7, 11) is 2.00. The predicted octanol–water partition coefficient (Wildman–Crippen LogP) is 2.55. The molecule has 1 rings (SSSR count). The molecule has 1 heterocycles. The van der Waals surface area contributed by atoms with Gasteiger partial charge >= 0.3 is 0 Å². The molecule has 0 saturated carbocycles. The lowest BCUT2D eigenvalue weighted by Gasteiger charge is -2.27. The van der Waals surface area contributed by atoms with Crippen LogP contribution in [-0.2, 0) is 0 Å². The molecule has 66 valence electrons. The molecular formula is C10H16N2. The van der Waals surface area contributed by atoms with Gasteiger partial charge in [-0.2, -0.15) is 0 Å². The zero-order valence-corrected chi connectivity index (χ0v) is 8.31. The van der Waals surface area contributed by atoms with Gasteiger partial charge in [0.25, 0.3) is 0 Å². The summed E-state index contributed by atoms with van der Waals surface area (Å²) in [6.07, 6.45) is 0.982. The van der Waals surface area contributed by atoms with Gasteiger partial charge in [-0.1, -0.05) is 13.5 Å². The van der Waals surface area contributed by atoms with Crippen molar-refractivity contribution < 1.29 is 0 Å². The van der Waals surface area contributed by atoms with E-state index in [1.807, 2.05) is 18.9 Å². The Morgan fingerprint density at radius 3 is 2.50 bits per heavy atom. The number of rotatable bonds is 1. The first-order chi connectivity index (χ1) is 5.57. The molecule has 0 amide bonds. The third kappa shape index (κ3) is 1.29. The SMILES string of the molecule is C=C1C(C)=C(CC)N=C(C)N1C. The summed E-state index contributed by atoms with van der Waals surface area (Å²) in [4.78, 5) is 6.50. The second kappa shape index (κ2) is 3.13. The average molecular weight is 164 g/mol. The normalized spacial score (nSPS) is 18.5. The van der Waals surface area contributed by atoms with E-state index in [0.29, 0.717) is 0 Å². The van der Waals surface area contributed by atoms with Crippen molar-refractivity contribution in [3.8, 4) is 0 Å². The second-order valence-corrected chi connectivity index (χ2v) is 3.09. The number of hydrogen-bond acceptors (Lipinski definition) is 2. The molecule has 0 aliphatic carbocycles. The molecule has 2 nitrogen and oxygen atoms in total. The maximum absolute atomic E-state index is 4.47. The van der Waals surface area contributed by atoms with E-state index in [1.54, 1.807) is 0 Å². The van der Waals surface area contributed by atoms with E-state index in [1.165, 1.54) is 5.57 Å². The quantitative estimate of drug-likeness (QED) is 0.581. The number of allylic oxidation sites excluding steroid dienone is 2. The summed E-state index contributed by atoms with van der Waals surface area (Å²) < 4.78 is 0. The lowest BCUT2D eigenvalue weighted by Crippen LogP contribution is -2.27.